The largest absolute Gasteiger partial charge is 0.360 e. The number of nitrogens with one attached hydrogen (secondary N) is 1. The van der Waals surface area contributed by atoms with Crippen molar-refractivity contribution in [2.75, 3.05) is 5.32 Å². The molecule has 4 aromatic heterocycles. The topological polar surface area (TPSA) is 110 Å². The maximum absolute atomic E-state index is 13.1. The molecule has 0 saturated heterocycles. The van der Waals surface area contributed by atoms with E-state index in [1.807, 2.05) is 6.92 Å². The van der Waals surface area contributed by atoms with E-state index in [4.69, 9.17) is 0 Å². The zero-order valence-corrected chi connectivity index (χ0v) is 14.1. The molecule has 0 radical (unpaired) electrons. The minimum atomic E-state index is -0.424. The summed E-state index contributed by atoms with van der Waals surface area (Å²) in [6.07, 6.45) is 9.06. The van der Waals surface area contributed by atoms with Crippen LogP contribution >= 0.6 is 0 Å². The van der Waals surface area contributed by atoms with E-state index in [2.05, 4.69) is 35.5 Å². The summed E-state index contributed by atoms with van der Waals surface area (Å²) in [4.78, 5) is 27.9. The van der Waals surface area contributed by atoms with E-state index in [9.17, 15) is 9.30 Å². The molecule has 0 aliphatic carbocycles. The van der Waals surface area contributed by atoms with Crippen LogP contribution in [0.5, 0.6) is 0 Å². The van der Waals surface area contributed by atoms with Gasteiger partial charge in [0.05, 0.1) is 47.6 Å². The minimum absolute atomic E-state index is 0.0577. The maximum Gasteiger partial charge on any atom is 0.168 e. The lowest BCUT2D eigenvalue weighted by Gasteiger charge is -2.15. The van der Waals surface area contributed by atoms with Crippen LogP contribution in [0.3, 0.4) is 0 Å². The van der Waals surface area contributed by atoms with Gasteiger partial charge in [0.2, 0.25) is 0 Å². The SMILES string of the molecule is C[C@@H](Nc1nc(-c2cnn3ccncc23)ncc1N=O)c1ccc(F)cn1. The Balaban J connectivity index is 1.71. The lowest BCUT2D eigenvalue weighted by atomic mass is 10.2. The smallest absolute Gasteiger partial charge is 0.168 e. The second kappa shape index (κ2) is 6.83. The Hall–Kier alpha value is -3.82. The van der Waals surface area contributed by atoms with Gasteiger partial charge < -0.3 is 5.32 Å². The van der Waals surface area contributed by atoms with Crippen molar-refractivity contribution in [3.63, 3.8) is 0 Å². The molecule has 0 unspecified atom stereocenters. The van der Waals surface area contributed by atoms with E-state index in [1.54, 1.807) is 35.4 Å². The number of pyridine rings is 1. The normalized spacial score (nSPS) is 12.1. The van der Waals surface area contributed by atoms with Crippen molar-refractivity contribution >= 4 is 17.0 Å². The lowest BCUT2D eigenvalue weighted by molar-refractivity contribution is 0.617. The second-order valence-electron chi connectivity index (χ2n) is 5.75. The molecule has 4 aromatic rings. The lowest BCUT2D eigenvalue weighted by Crippen LogP contribution is -2.10. The number of rotatable bonds is 5. The molecule has 0 amide bonds. The average Bonchev–Trinajstić information content (AvgIpc) is 3.12. The number of fused-ring (bicyclic) bond motifs is 1. The van der Waals surface area contributed by atoms with Gasteiger partial charge in [-0.25, -0.2) is 18.9 Å². The van der Waals surface area contributed by atoms with Crippen LogP contribution in [0.1, 0.15) is 18.7 Å². The van der Waals surface area contributed by atoms with Crippen molar-refractivity contribution in [1.29, 1.82) is 0 Å². The van der Waals surface area contributed by atoms with Gasteiger partial charge in [-0.15, -0.1) is 4.91 Å². The molecule has 9 nitrogen and oxygen atoms in total. The Kier molecular flexibility index (Phi) is 4.21. The first-order valence-electron chi connectivity index (χ1n) is 8.02. The van der Waals surface area contributed by atoms with E-state index in [1.165, 1.54) is 12.3 Å². The summed E-state index contributed by atoms with van der Waals surface area (Å²) in [6, 6.07) is 2.54. The van der Waals surface area contributed by atoms with Crippen LogP contribution < -0.4 is 5.32 Å². The zero-order valence-electron chi connectivity index (χ0n) is 14.1. The summed E-state index contributed by atoms with van der Waals surface area (Å²) in [5.74, 6) is 0.191. The molecule has 0 aliphatic heterocycles. The summed E-state index contributed by atoms with van der Waals surface area (Å²) in [7, 11) is 0. The summed E-state index contributed by atoms with van der Waals surface area (Å²) < 4.78 is 14.7. The van der Waals surface area contributed by atoms with Gasteiger partial charge in [0.15, 0.2) is 17.3 Å². The van der Waals surface area contributed by atoms with E-state index in [0.717, 1.165) is 11.7 Å². The Bertz CT molecular complexity index is 1110. The van der Waals surface area contributed by atoms with Crippen LogP contribution in [0.2, 0.25) is 0 Å². The fraction of sp³-hybridized carbons (Fsp3) is 0.118. The standard InChI is InChI=1S/C17H13FN8O/c1-10(13-3-2-11(18)6-20-13)23-17-14(25-27)8-21-16(24-17)12-7-22-26-5-4-19-9-15(12)26/h2-10H,1H3,(H,21,23,24)/t10-/m1/s1. The van der Waals surface area contributed by atoms with Crippen molar-refractivity contribution in [3.8, 4) is 11.4 Å². The zero-order chi connectivity index (χ0) is 18.8. The molecule has 4 rings (SSSR count). The first kappa shape index (κ1) is 16.6. The van der Waals surface area contributed by atoms with Gasteiger partial charge in [0.1, 0.15) is 5.82 Å². The Labute approximate surface area is 152 Å². The van der Waals surface area contributed by atoms with Crippen LogP contribution in [-0.2, 0) is 0 Å². The molecular formula is C17H13FN8O. The van der Waals surface area contributed by atoms with Crippen LogP contribution in [0.15, 0.2) is 54.5 Å². The number of hydrogen-bond donors (Lipinski definition) is 1. The summed E-state index contributed by atoms with van der Waals surface area (Å²) >= 11 is 0. The highest BCUT2D eigenvalue weighted by Gasteiger charge is 2.16. The fourth-order valence-electron chi connectivity index (χ4n) is 2.61. The molecule has 27 heavy (non-hydrogen) atoms. The molecule has 4 heterocycles. The third-order valence-electron chi connectivity index (χ3n) is 3.98. The van der Waals surface area contributed by atoms with Gasteiger partial charge in [-0.3, -0.25) is 9.97 Å². The molecule has 1 N–H and O–H groups in total. The molecule has 10 heteroatoms. The van der Waals surface area contributed by atoms with Crippen molar-refractivity contribution in [3.05, 3.63) is 65.7 Å². The minimum Gasteiger partial charge on any atom is -0.360 e. The van der Waals surface area contributed by atoms with E-state index < -0.39 is 5.82 Å². The number of nitroso groups, excluding NO2 is 1. The van der Waals surface area contributed by atoms with Gasteiger partial charge in [-0.2, -0.15) is 5.10 Å². The highest BCUT2D eigenvalue weighted by Crippen LogP contribution is 2.29. The third-order valence-corrected chi connectivity index (χ3v) is 3.98. The summed E-state index contributed by atoms with van der Waals surface area (Å²) in [5.41, 5.74) is 2.04. The van der Waals surface area contributed by atoms with Gasteiger partial charge in [-0.1, -0.05) is 0 Å². The molecular weight excluding hydrogens is 351 g/mol. The summed E-state index contributed by atoms with van der Waals surface area (Å²) in [6.45, 7) is 1.82. The molecule has 0 fully saturated rings. The van der Waals surface area contributed by atoms with Gasteiger partial charge in [-0.05, 0) is 24.2 Å². The fourth-order valence-corrected chi connectivity index (χ4v) is 2.61. The molecule has 0 saturated carbocycles. The Morgan fingerprint density at radius 2 is 2.07 bits per heavy atom. The summed E-state index contributed by atoms with van der Waals surface area (Å²) in [5, 5.41) is 10.3. The monoisotopic (exact) mass is 364 g/mol. The Morgan fingerprint density at radius 3 is 2.85 bits per heavy atom. The average molecular weight is 364 g/mol. The molecule has 1 atom stereocenters. The van der Waals surface area contributed by atoms with Crippen molar-refractivity contribution in [2.45, 2.75) is 13.0 Å². The molecule has 0 aromatic carbocycles. The highest BCUT2D eigenvalue weighted by atomic mass is 19.1. The number of halogens is 1. The first-order valence-corrected chi connectivity index (χ1v) is 8.02. The van der Waals surface area contributed by atoms with Crippen LogP contribution in [0.25, 0.3) is 16.9 Å². The number of aromatic nitrogens is 6. The highest BCUT2D eigenvalue weighted by molar-refractivity contribution is 5.76. The molecule has 0 spiro atoms. The molecule has 134 valence electrons. The first-order chi connectivity index (χ1) is 13.2. The van der Waals surface area contributed by atoms with E-state index in [0.29, 0.717) is 17.1 Å². The van der Waals surface area contributed by atoms with Crippen molar-refractivity contribution < 1.29 is 4.39 Å². The van der Waals surface area contributed by atoms with Crippen LogP contribution in [0.4, 0.5) is 15.9 Å². The van der Waals surface area contributed by atoms with E-state index >= 15 is 0 Å². The van der Waals surface area contributed by atoms with Gasteiger partial charge in [0.25, 0.3) is 0 Å². The van der Waals surface area contributed by atoms with Crippen LogP contribution in [-0.4, -0.2) is 29.5 Å². The molecule has 0 aliphatic rings. The maximum atomic E-state index is 13.1. The quantitative estimate of drug-likeness (QED) is 0.541. The number of nitrogens with zero attached hydrogens (tertiary/aromatic N) is 7. The second-order valence-corrected chi connectivity index (χ2v) is 5.75. The predicted octanol–water partition coefficient (Wildman–Crippen LogP) is 3.29. The van der Waals surface area contributed by atoms with E-state index in [-0.39, 0.29) is 17.5 Å². The molecule has 0 bridgehead atoms. The van der Waals surface area contributed by atoms with Gasteiger partial charge >= 0.3 is 0 Å². The van der Waals surface area contributed by atoms with Gasteiger partial charge in [0, 0.05) is 12.4 Å². The number of hydrogen-bond acceptors (Lipinski definition) is 8. The Morgan fingerprint density at radius 1 is 1.19 bits per heavy atom. The van der Waals surface area contributed by atoms with Crippen LogP contribution in [0, 0.1) is 10.7 Å². The predicted molar refractivity (Wildman–Crippen MR) is 95.7 cm³/mol. The number of anilines is 1. The third kappa shape index (κ3) is 3.19. The van der Waals surface area contributed by atoms with Crippen molar-refractivity contribution in [2.24, 2.45) is 5.18 Å². The van der Waals surface area contributed by atoms with Crippen molar-refractivity contribution in [1.82, 2.24) is 29.5 Å².